The smallest absolute Gasteiger partial charge is 0.0721 e. The molecule has 0 saturated heterocycles. The Bertz CT molecular complexity index is 429. The molecular weight excluding hydrogens is 262 g/mol. The molecule has 1 atom stereocenters. The van der Waals surface area contributed by atoms with E-state index < -0.39 is 0 Å². The minimum atomic E-state index is 0.338. The molecule has 3 nitrogen and oxygen atoms in total. The third-order valence-electron chi connectivity index (χ3n) is 4.59. The van der Waals surface area contributed by atoms with Crippen molar-refractivity contribution in [1.29, 1.82) is 0 Å². The third-order valence-corrected chi connectivity index (χ3v) is 4.59. The molecule has 0 aromatic heterocycles. The topological polar surface area (TPSA) is 30.5 Å². The summed E-state index contributed by atoms with van der Waals surface area (Å²) in [5, 5.41) is 3.61. The molecule has 0 bridgehead atoms. The van der Waals surface area contributed by atoms with Gasteiger partial charge >= 0.3 is 0 Å². The van der Waals surface area contributed by atoms with Crippen molar-refractivity contribution in [2.24, 2.45) is 0 Å². The standard InChI is InChI=1S/C18H27NO2/c1-2-8-16(9-3-1)21-12-6-11-19-18-14-20-13-15-7-4-5-10-17(15)18/h4-5,7,10,16,18-19H,1-3,6,8-9,11-14H2. The first-order valence-electron chi connectivity index (χ1n) is 8.44. The maximum atomic E-state index is 5.97. The maximum absolute atomic E-state index is 5.97. The van der Waals surface area contributed by atoms with Gasteiger partial charge in [-0.05, 0) is 36.9 Å². The molecule has 1 heterocycles. The van der Waals surface area contributed by atoms with Gasteiger partial charge in [0.2, 0.25) is 0 Å². The van der Waals surface area contributed by atoms with Gasteiger partial charge in [0.1, 0.15) is 0 Å². The minimum Gasteiger partial charge on any atom is -0.378 e. The summed E-state index contributed by atoms with van der Waals surface area (Å²) in [6.07, 6.45) is 8.21. The molecule has 0 spiro atoms. The predicted molar refractivity (Wildman–Crippen MR) is 84.3 cm³/mol. The highest BCUT2D eigenvalue weighted by Gasteiger charge is 2.19. The minimum absolute atomic E-state index is 0.338. The van der Waals surface area contributed by atoms with Crippen molar-refractivity contribution in [3.8, 4) is 0 Å². The average Bonchev–Trinajstić information content (AvgIpc) is 2.56. The number of hydrogen-bond donors (Lipinski definition) is 1. The monoisotopic (exact) mass is 289 g/mol. The van der Waals surface area contributed by atoms with Crippen LogP contribution in [-0.2, 0) is 16.1 Å². The van der Waals surface area contributed by atoms with Crippen LogP contribution in [0.1, 0.15) is 55.7 Å². The van der Waals surface area contributed by atoms with E-state index in [1.807, 2.05) is 0 Å². The van der Waals surface area contributed by atoms with Crippen LogP contribution in [0, 0.1) is 0 Å². The Labute approximate surface area is 128 Å². The molecule has 21 heavy (non-hydrogen) atoms. The van der Waals surface area contributed by atoms with Gasteiger partial charge in [0, 0.05) is 6.61 Å². The molecule has 0 amide bonds. The summed E-state index contributed by atoms with van der Waals surface area (Å²) in [4.78, 5) is 0. The molecule has 1 saturated carbocycles. The maximum Gasteiger partial charge on any atom is 0.0721 e. The summed E-state index contributed by atoms with van der Waals surface area (Å²) < 4.78 is 11.6. The van der Waals surface area contributed by atoms with Gasteiger partial charge in [-0.15, -0.1) is 0 Å². The first kappa shape index (κ1) is 15.0. The van der Waals surface area contributed by atoms with Crippen molar-refractivity contribution in [2.45, 2.75) is 57.3 Å². The summed E-state index contributed by atoms with van der Waals surface area (Å²) in [5.74, 6) is 0. The quantitative estimate of drug-likeness (QED) is 0.812. The SMILES string of the molecule is c1ccc2c(c1)COCC2NCCCOC1CCCCC1. The number of hydrogen-bond acceptors (Lipinski definition) is 3. The summed E-state index contributed by atoms with van der Waals surface area (Å²) in [7, 11) is 0. The first-order chi connectivity index (χ1) is 10.4. The zero-order valence-electron chi connectivity index (χ0n) is 12.9. The van der Waals surface area contributed by atoms with Crippen molar-refractivity contribution < 1.29 is 9.47 Å². The fraction of sp³-hybridized carbons (Fsp3) is 0.667. The highest BCUT2D eigenvalue weighted by molar-refractivity contribution is 5.30. The molecule has 1 unspecified atom stereocenters. The molecule has 0 radical (unpaired) electrons. The molecule has 2 aliphatic rings. The Morgan fingerprint density at radius 2 is 2.00 bits per heavy atom. The largest absolute Gasteiger partial charge is 0.378 e. The van der Waals surface area contributed by atoms with Crippen LogP contribution in [-0.4, -0.2) is 25.9 Å². The van der Waals surface area contributed by atoms with E-state index in [1.165, 1.54) is 43.2 Å². The van der Waals surface area contributed by atoms with E-state index in [0.717, 1.165) is 32.8 Å². The molecular formula is C18H27NO2. The van der Waals surface area contributed by atoms with Gasteiger partial charge in [0.05, 0.1) is 25.4 Å². The highest BCUT2D eigenvalue weighted by Crippen LogP contribution is 2.24. The molecule has 1 N–H and O–H groups in total. The van der Waals surface area contributed by atoms with Gasteiger partial charge < -0.3 is 14.8 Å². The van der Waals surface area contributed by atoms with Crippen LogP contribution in [0.4, 0.5) is 0 Å². The summed E-state index contributed by atoms with van der Waals surface area (Å²) in [5.41, 5.74) is 2.72. The Morgan fingerprint density at radius 3 is 2.90 bits per heavy atom. The van der Waals surface area contributed by atoms with E-state index >= 15 is 0 Å². The highest BCUT2D eigenvalue weighted by atomic mass is 16.5. The molecule has 1 aromatic rings. The van der Waals surface area contributed by atoms with Crippen molar-refractivity contribution in [3.05, 3.63) is 35.4 Å². The van der Waals surface area contributed by atoms with Crippen LogP contribution in [0.2, 0.25) is 0 Å². The Hall–Kier alpha value is -0.900. The van der Waals surface area contributed by atoms with Crippen molar-refractivity contribution in [2.75, 3.05) is 19.8 Å². The van der Waals surface area contributed by atoms with Gasteiger partial charge in [0.15, 0.2) is 0 Å². The van der Waals surface area contributed by atoms with E-state index in [0.29, 0.717) is 12.1 Å². The second kappa shape index (κ2) is 7.92. The zero-order valence-corrected chi connectivity index (χ0v) is 12.9. The van der Waals surface area contributed by atoms with Crippen molar-refractivity contribution >= 4 is 0 Å². The normalized spacial score (nSPS) is 23.0. The average molecular weight is 289 g/mol. The molecule has 3 heteroatoms. The number of nitrogens with one attached hydrogen (secondary N) is 1. The van der Waals surface area contributed by atoms with Crippen LogP contribution in [0.25, 0.3) is 0 Å². The van der Waals surface area contributed by atoms with E-state index in [2.05, 4.69) is 29.6 Å². The Kier molecular flexibility index (Phi) is 5.67. The lowest BCUT2D eigenvalue weighted by Crippen LogP contribution is -2.31. The predicted octanol–water partition coefficient (Wildman–Crippen LogP) is 3.59. The van der Waals surface area contributed by atoms with Crippen LogP contribution < -0.4 is 5.32 Å². The molecule has 1 aromatic carbocycles. The van der Waals surface area contributed by atoms with Gasteiger partial charge in [0.25, 0.3) is 0 Å². The lowest BCUT2D eigenvalue weighted by Gasteiger charge is -2.27. The third kappa shape index (κ3) is 4.29. The van der Waals surface area contributed by atoms with Gasteiger partial charge in [-0.1, -0.05) is 43.5 Å². The second-order valence-corrected chi connectivity index (χ2v) is 6.21. The fourth-order valence-electron chi connectivity index (χ4n) is 3.38. The molecule has 3 rings (SSSR count). The molecule has 1 aliphatic heterocycles. The van der Waals surface area contributed by atoms with Crippen LogP contribution in [0.5, 0.6) is 0 Å². The van der Waals surface area contributed by atoms with E-state index in [-0.39, 0.29) is 0 Å². The van der Waals surface area contributed by atoms with Gasteiger partial charge in [-0.2, -0.15) is 0 Å². The zero-order chi connectivity index (χ0) is 14.3. The van der Waals surface area contributed by atoms with E-state index in [9.17, 15) is 0 Å². The Balaban J connectivity index is 1.36. The summed E-state index contributed by atoms with van der Waals surface area (Å²) in [6.45, 7) is 3.40. The van der Waals surface area contributed by atoms with Crippen molar-refractivity contribution in [3.63, 3.8) is 0 Å². The van der Waals surface area contributed by atoms with Crippen LogP contribution in [0.3, 0.4) is 0 Å². The summed E-state index contributed by atoms with van der Waals surface area (Å²) >= 11 is 0. The van der Waals surface area contributed by atoms with Crippen molar-refractivity contribution in [1.82, 2.24) is 5.32 Å². The van der Waals surface area contributed by atoms with Gasteiger partial charge in [-0.3, -0.25) is 0 Å². The Morgan fingerprint density at radius 1 is 1.14 bits per heavy atom. The van der Waals surface area contributed by atoms with Crippen LogP contribution >= 0.6 is 0 Å². The summed E-state index contributed by atoms with van der Waals surface area (Å²) in [6, 6.07) is 8.92. The van der Waals surface area contributed by atoms with Crippen LogP contribution in [0.15, 0.2) is 24.3 Å². The molecule has 1 aliphatic carbocycles. The first-order valence-corrected chi connectivity index (χ1v) is 8.44. The second-order valence-electron chi connectivity index (χ2n) is 6.21. The number of fused-ring (bicyclic) bond motifs is 1. The number of ether oxygens (including phenoxy) is 2. The van der Waals surface area contributed by atoms with Gasteiger partial charge in [-0.25, -0.2) is 0 Å². The molecule has 116 valence electrons. The fourth-order valence-corrected chi connectivity index (χ4v) is 3.38. The number of benzene rings is 1. The lowest BCUT2D eigenvalue weighted by atomic mass is 9.98. The number of rotatable bonds is 6. The van der Waals surface area contributed by atoms with E-state index in [4.69, 9.17) is 9.47 Å². The lowest BCUT2D eigenvalue weighted by molar-refractivity contribution is 0.0260. The molecule has 1 fully saturated rings. The van der Waals surface area contributed by atoms with E-state index in [1.54, 1.807) is 0 Å².